The molecule has 0 spiro atoms. The molecule has 1 aliphatic carbocycles. The number of ether oxygens (including phenoxy) is 2. The number of hydrogen-bond acceptors (Lipinski definition) is 5. The van der Waals surface area contributed by atoms with E-state index in [2.05, 4.69) is 0 Å². The van der Waals surface area contributed by atoms with Crippen LogP contribution in [0.5, 0.6) is 5.75 Å². The summed E-state index contributed by atoms with van der Waals surface area (Å²) in [6.45, 7) is 1.91. The van der Waals surface area contributed by atoms with Gasteiger partial charge in [-0.2, -0.15) is 0 Å². The molecule has 0 bridgehead atoms. The smallest absolute Gasteiger partial charge is 0.342 e. The van der Waals surface area contributed by atoms with Crippen molar-refractivity contribution < 1.29 is 23.5 Å². The number of furan rings is 1. The number of hydrogen-bond donors (Lipinski definition) is 0. The van der Waals surface area contributed by atoms with Crippen molar-refractivity contribution >= 4 is 11.9 Å². The molecule has 0 radical (unpaired) electrons. The van der Waals surface area contributed by atoms with Gasteiger partial charge in [-0.15, -0.1) is 0 Å². The van der Waals surface area contributed by atoms with Crippen LogP contribution < -0.4 is 4.74 Å². The van der Waals surface area contributed by atoms with Gasteiger partial charge in [0.15, 0.2) is 6.61 Å². The van der Waals surface area contributed by atoms with Gasteiger partial charge in [-0.1, -0.05) is 12.1 Å². The summed E-state index contributed by atoms with van der Waals surface area (Å²) in [6.07, 6.45) is 3.39. The zero-order valence-corrected chi connectivity index (χ0v) is 14.4. The van der Waals surface area contributed by atoms with Crippen LogP contribution in [-0.2, 0) is 16.1 Å². The fourth-order valence-corrected chi connectivity index (χ4v) is 2.62. The Hall–Kier alpha value is -2.76. The molecule has 3 rings (SSSR count). The third-order valence-electron chi connectivity index (χ3n) is 4.23. The highest BCUT2D eigenvalue weighted by Crippen LogP contribution is 2.29. The molecule has 0 saturated heterocycles. The fraction of sp³-hybridized carbons (Fsp3) is 0.368. The minimum Gasteiger partial charge on any atom is -0.497 e. The molecule has 1 fully saturated rings. The maximum atomic E-state index is 12.5. The molecule has 1 saturated carbocycles. The lowest BCUT2D eigenvalue weighted by atomic mass is 10.2. The van der Waals surface area contributed by atoms with E-state index in [1.807, 2.05) is 24.3 Å². The topological polar surface area (TPSA) is 69.0 Å². The standard InChI is InChI=1S/C19H21NO5/c1-13-17(9-10-24-13)19(22)25-12-18(21)20(15-5-6-15)11-14-3-7-16(23-2)8-4-14/h3-4,7-10,15H,5-6,11-12H2,1-2H3. The first-order chi connectivity index (χ1) is 12.1. The van der Waals surface area contributed by atoms with Gasteiger partial charge in [0.05, 0.1) is 13.4 Å². The van der Waals surface area contributed by atoms with E-state index in [0.717, 1.165) is 24.2 Å². The van der Waals surface area contributed by atoms with E-state index in [1.54, 1.807) is 18.9 Å². The minimum absolute atomic E-state index is 0.187. The van der Waals surface area contributed by atoms with Gasteiger partial charge < -0.3 is 18.8 Å². The van der Waals surface area contributed by atoms with Crippen molar-refractivity contribution in [1.82, 2.24) is 4.90 Å². The Morgan fingerprint density at radius 3 is 2.48 bits per heavy atom. The van der Waals surface area contributed by atoms with Gasteiger partial charge in [-0.25, -0.2) is 4.79 Å². The fourth-order valence-electron chi connectivity index (χ4n) is 2.62. The van der Waals surface area contributed by atoms with Crippen molar-refractivity contribution in [2.24, 2.45) is 0 Å². The van der Waals surface area contributed by atoms with Crippen molar-refractivity contribution in [2.45, 2.75) is 32.4 Å². The molecule has 6 nitrogen and oxygen atoms in total. The molecular formula is C19H21NO5. The maximum absolute atomic E-state index is 12.5. The summed E-state index contributed by atoms with van der Waals surface area (Å²) in [5, 5.41) is 0. The molecule has 0 N–H and O–H groups in total. The third kappa shape index (κ3) is 4.21. The normalized spacial score (nSPS) is 13.4. The summed E-state index contributed by atoms with van der Waals surface area (Å²) in [7, 11) is 1.62. The number of aryl methyl sites for hydroxylation is 1. The second kappa shape index (κ2) is 7.42. The van der Waals surface area contributed by atoms with Gasteiger partial charge in [0.1, 0.15) is 17.1 Å². The molecule has 0 aliphatic heterocycles. The largest absolute Gasteiger partial charge is 0.497 e. The molecule has 1 amide bonds. The Balaban J connectivity index is 1.59. The Morgan fingerprint density at radius 1 is 1.20 bits per heavy atom. The van der Waals surface area contributed by atoms with Crippen LogP contribution in [0.15, 0.2) is 41.0 Å². The van der Waals surface area contributed by atoms with Crippen molar-refractivity contribution in [2.75, 3.05) is 13.7 Å². The van der Waals surface area contributed by atoms with Crippen molar-refractivity contribution in [3.05, 3.63) is 53.5 Å². The summed E-state index contributed by atoms with van der Waals surface area (Å²) in [6, 6.07) is 9.37. The summed E-state index contributed by atoms with van der Waals surface area (Å²) in [5.41, 5.74) is 1.36. The van der Waals surface area contributed by atoms with Crippen LogP contribution in [0.4, 0.5) is 0 Å². The van der Waals surface area contributed by atoms with Crippen LogP contribution in [0.25, 0.3) is 0 Å². The van der Waals surface area contributed by atoms with Crippen molar-refractivity contribution in [1.29, 1.82) is 0 Å². The number of carbonyl (C=O) groups excluding carboxylic acids is 2. The molecule has 1 aliphatic rings. The SMILES string of the molecule is COc1ccc(CN(C(=O)COC(=O)c2ccoc2C)C2CC2)cc1. The highest BCUT2D eigenvalue weighted by atomic mass is 16.5. The number of esters is 1. The number of amides is 1. The lowest BCUT2D eigenvalue weighted by molar-refractivity contribution is -0.135. The first-order valence-corrected chi connectivity index (χ1v) is 8.22. The third-order valence-corrected chi connectivity index (χ3v) is 4.23. The molecule has 132 valence electrons. The van der Waals surface area contributed by atoms with E-state index in [1.165, 1.54) is 12.3 Å². The molecule has 0 unspecified atom stereocenters. The number of nitrogens with zero attached hydrogens (tertiary/aromatic N) is 1. The molecule has 1 aromatic heterocycles. The molecule has 2 aromatic rings. The molecule has 1 aromatic carbocycles. The van der Waals surface area contributed by atoms with Gasteiger partial charge in [0, 0.05) is 12.6 Å². The van der Waals surface area contributed by atoms with Crippen LogP contribution in [0.1, 0.15) is 34.5 Å². The van der Waals surface area contributed by atoms with Crippen LogP contribution >= 0.6 is 0 Å². The molecular weight excluding hydrogens is 322 g/mol. The van der Waals surface area contributed by atoms with E-state index in [4.69, 9.17) is 13.9 Å². The Bertz CT molecular complexity index is 745. The summed E-state index contributed by atoms with van der Waals surface area (Å²) in [4.78, 5) is 26.3. The van der Waals surface area contributed by atoms with E-state index in [9.17, 15) is 9.59 Å². The van der Waals surface area contributed by atoms with Gasteiger partial charge >= 0.3 is 5.97 Å². The van der Waals surface area contributed by atoms with Crippen molar-refractivity contribution in [3.63, 3.8) is 0 Å². The molecule has 25 heavy (non-hydrogen) atoms. The van der Waals surface area contributed by atoms with E-state index in [0.29, 0.717) is 17.9 Å². The zero-order valence-electron chi connectivity index (χ0n) is 14.4. The minimum atomic E-state index is -0.542. The lowest BCUT2D eigenvalue weighted by Crippen LogP contribution is -2.36. The predicted molar refractivity (Wildman–Crippen MR) is 90.3 cm³/mol. The lowest BCUT2D eigenvalue weighted by Gasteiger charge is -2.22. The summed E-state index contributed by atoms with van der Waals surface area (Å²) in [5.74, 6) is 0.528. The van der Waals surface area contributed by atoms with Crippen LogP contribution in [0.2, 0.25) is 0 Å². The Labute approximate surface area is 146 Å². The van der Waals surface area contributed by atoms with Gasteiger partial charge in [0.2, 0.25) is 0 Å². The van der Waals surface area contributed by atoms with Gasteiger partial charge in [-0.05, 0) is 43.5 Å². The zero-order chi connectivity index (χ0) is 17.8. The summed E-state index contributed by atoms with van der Waals surface area (Å²) >= 11 is 0. The van der Waals surface area contributed by atoms with E-state index < -0.39 is 5.97 Å². The number of methoxy groups -OCH3 is 1. The van der Waals surface area contributed by atoms with Gasteiger partial charge in [-0.3, -0.25) is 4.79 Å². The Morgan fingerprint density at radius 2 is 1.92 bits per heavy atom. The second-order valence-electron chi connectivity index (χ2n) is 6.07. The van der Waals surface area contributed by atoms with Crippen LogP contribution in [-0.4, -0.2) is 36.5 Å². The van der Waals surface area contributed by atoms with E-state index >= 15 is 0 Å². The highest BCUT2D eigenvalue weighted by Gasteiger charge is 2.33. The maximum Gasteiger partial charge on any atom is 0.342 e. The summed E-state index contributed by atoms with van der Waals surface area (Å²) < 4.78 is 15.4. The van der Waals surface area contributed by atoms with Gasteiger partial charge in [0.25, 0.3) is 5.91 Å². The van der Waals surface area contributed by atoms with Crippen LogP contribution in [0, 0.1) is 6.92 Å². The second-order valence-corrected chi connectivity index (χ2v) is 6.07. The number of rotatable bonds is 7. The first kappa shape index (κ1) is 17.1. The molecule has 0 atom stereocenters. The highest BCUT2D eigenvalue weighted by molar-refractivity contribution is 5.92. The van der Waals surface area contributed by atoms with Crippen LogP contribution in [0.3, 0.4) is 0 Å². The predicted octanol–water partition coefficient (Wildman–Crippen LogP) is 2.94. The monoisotopic (exact) mass is 343 g/mol. The number of carbonyl (C=O) groups is 2. The molecule has 1 heterocycles. The quantitative estimate of drug-likeness (QED) is 0.723. The Kier molecular flexibility index (Phi) is 5.07. The average Bonchev–Trinajstić information content (AvgIpc) is 3.38. The first-order valence-electron chi connectivity index (χ1n) is 8.22. The number of benzene rings is 1. The molecule has 6 heteroatoms. The average molecular weight is 343 g/mol. The van der Waals surface area contributed by atoms with E-state index in [-0.39, 0.29) is 18.6 Å². The van der Waals surface area contributed by atoms with Crippen molar-refractivity contribution in [3.8, 4) is 5.75 Å².